The van der Waals surface area contributed by atoms with Gasteiger partial charge in [-0.05, 0) is 0 Å². The van der Waals surface area contributed by atoms with E-state index in [4.69, 9.17) is 5.11 Å². The van der Waals surface area contributed by atoms with E-state index in [1.165, 1.54) is 0 Å². The summed E-state index contributed by atoms with van der Waals surface area (Å²) in [7, 11) is 0. The second-order valence-corrected chi connectivity index (χ2v) is 1.25. The zero-order valence-corrected chi connectivity index (χ0v) is 8.37. The molecule has 0 aromatic heterocycles. The minimum absolute atomic E-state index is 0. The Kier molecular flexibility index (Phi) is 4.43. The maximum atomic E-state index is 8.58. The van der Waals surface area contributed by atoms with E-state index in [1.54, 1.807) is 24.3 Å². The molecule has 0 atom stereocenters. The maximum absolute atomic E-state index is 8.58. The SMILES string of the molecule is Oc1[c-]cccc1.[Th]. The van der Waals surface area contributed by atoms with E-state index in [9.17, 15) is 0 Å². The molecule has 1 nitrogen and oxygen atoms in total. The zero-order valence-electron chi connectivity index (χ0n) is 4.26. The molecule has 0 aliphatic carbocycles. The predicted octanol–water partition coefficient (Wildman–Crippen LogP) is 1.19. The number of phenolic OH excluding ortho intramolecular Hbond substituents is 1. The van der Waals surface area contributed by atoms with Gasteiger partial charge in [0, 0.05) is 45.7 Å². The van der Waals surface area contributed by atoms with Crippen LogP contribution >= 0.6 is 0 Å². The fourth-order valence-electron chi connectivity index (χ4n) is 0.384. The Bertz CT molecular complexity index is 138. The minimum Gasteiger partial charge on any atom is -0.534 e. The molecule has 0 bridgehead atoms. The first-order valence-electron chi connectivity index (χ1n) is 2.05. The third-order valence-electron chi connectivity index (χ3n) is 0.693. The van der Waals surface area contributed by atoms with Crippen LogP contribution < -0.4 is 0 Å². The molecule has 0 aliphatic rings. The van der Waals surface area contributed by atoms with Gasteiger partial charge in [0.15, 0.2) is 0 Å². The van der Waals surface area contributed by atoms with Crippen LogP contribution in [0.25, 0.3) is 0 Å². The second kappa shape index (κ2) is 4.25. The summed E-state index contributed by atoms with van der Waals surface area (Å²) >= 11 is 0. The molecule has 1 aromatic carbocycles. The van der Waals surface area contributed by atoms with Crippen LogP contribution in [-0.4, -0.2) is 5.11 Å². The van der Waals surface area contributed by atoms with Crippen LogP contribution in [0.15, 0.2) is 24.3 Å². The summed E-state index contributed by atoms with van der Waals surface area (Å²) in [4.78, 5) is 0. The van der Waals surface area contributed by atoms with Crippen molar-refractivity contribution in [1.29, 1.82) is 0 Å². The van der Waals surface area contributed by atoms with Gasteiger partial charge >= 0.3 is 0 Å². The maximum Gasteiger partial charge on any atom is 0.00397 e. The van der Waals surface area contributed by atoms with Crippen molar-refractivity contribution in [3.63, 3.8) is 0 Å². The molecule has 1 aromatic rings. The fourth-order valence-corrected chi connectivity index (χ4v) is 0.384. The molecule has 0 radical (unpaired) electrons. The van der Waals surface area contributed by atoms with Gasteiger partial charge in [-0.15, -0.1) is 12.1 Å². The van der Waals surface area contributed by atoms with Gasteiger partial charge in [-0.25, -0.2) is 0 Å². The van der Waals surface area contributed by atoms with Crippen LogP contribution in [-0.2, 0) is 0 Å². The molecule has 0 fully saturated rings. The molecule has 1 N–H and O–H groups in total. The first-order valence-corrected chi connectivity index (χ1v) is 2.05. The van der Waals surface area contributed by atoms with E-state index >= 15 is 0 Å². The molecular weight excluding hydrogens is 320 g/mol. The summed E-state index contributed by atoms with van der Waals surface area (Å²) in [6.07, 6.45) is 0. The molecule has 2 heteroatoms. The van der Waals surface area contributed by atoms with Crippen LogP contribution in [0.5, 0.6) is 5.75 Å². The molecule has 0 heterocycles. The van der Waals surface area contributed by atoms with Crippen molar-refractivity contribution in [2.24, 2.45) is 0 Å². The van der Waals surface area contributed by atoms with E-state index in [0.717, 1.165) is 0 Å². The third-order valence-corrected chi connectivity index (χ3v) is 0.693. The zero-order chi connectivity index (χ0) is 5.11. The van der Waals surface area contributed by atoms with E-state index in [-0.39, 0.29) is 45.7 Å². The van der Waals surface area contributed by atoms with E-state index < -0.39 is 0 Å². The van der Waals surface area contributed by atoms with Crippen molar-refractivity contribution >= 4 is 0 Å². The molecule has 8 heavy (non-hydrogen) atoms. The topological polar surface area (TPSA) is 20.2 Å². The van der Waals surface area contributed by atoms with Crippen molar-refractivity contribution in [2.75, 3.05) is 0 Å². The normalized spacial score (nSPS) is 7.50. The Balaban J connectivity index is 0.000000490. The Hall–Kier alpha value is 0.345. The van der Waals surface area contributed by atoms with Crippen molar-refractivity contribution in [3.8, 4) is 5.75 Å². The Morgan fingerprint density at radius 2 is 2.12 bits per heavy atom. The van der Waals surface area contributed by atoms with Gasteiger partial charge in [-0.1, -0.05) is 0 Å². The first kappa shape index (κ1) is 8.34. The monoisotopic (exact) mass is 325 g/mol. The summed E-state index contributed by atoms with van der Waals surface area (Å²) < 4.78 is 0. The number of aromatic hydroxyl groups is 1. The van der Waals surface area contributed by atoms with Crippen molar-refractivity contribution in [2.45, 2.75) is 0 Å². The average Bonchev–Trinajstić information content (AvgIpc) is 1.69. The average molecular weight is 325 g/mol. The van der Waals surface area contributed by atoms with Gasteiger partial charge in [0.05, 0.1) is 0 Å². The minimum atomic E-state index is 0. The van der Waals surface area contributed by atoms with Gasteiger partial charge < -0.3 is 5.11 Å². The van der Waals surface area contributed by atoms with Crippen LogP contribution in [0.1, 0.15) is 0 Å². The van der Waals surface area contributed by atoms with E-state index in [2.05, 4.69) is 6.07 Å². The summed E-state index contributed by atoms with van der Waals surface area (Å²) in [5, 5.41) is 8.58. The second-order valence-electron chi connectivity index (χ2n) is 1.25. The van der Waals surface area contributed by atoms with Crippen LogP contribution in [0, 0.1) is 46.0 Å². The summed E-state index contributed by atoms with van der Waals surface area (Å²) in [5.74, 6) is 0.197. The van der Waals surface area contributed by atoms with Gasteiger partial charge in [-0.3, -0.25) is 0 Å². The Labute approximate surface area is 80.4 Å². The fraction of sp³-hybridized carbons (Fsp3) is 0. The van der Waals surface area contributed by atoms with E-state index in [1.807, 2.05) is 0 Å². The molecule has 0 spiro atoms. The van der Waals surface area contributed by atoms with Gasteiger partial charge in [0.1, 0.15) is 0 Å². The molecule has 0 aliphatic heterocycles. The smallest absolute Gasteiger partial charge is 0.00397 e. The number of benzene rings is 1. The van der Waals surface area contributed by atoms with Gasteiger partial charge in [-0.2, -0.15) is 18.2 Å². The Morgan fingerprint density at radius 3 is 2.38 bits per heavy atom. The first-order chi connectivity index (χ1) is 3.39. The number of phenols is 1. The third kappa shape index (κ3) is 2.60. The number of rotatable bonds is 0. The summed E-state index contributed by atoms with van der Waals surface area (Å²) in [6.45, 7) is 0. The number of hydrogen-bond donors (Lipinski definition) is 1. The quantitative estimate of drug-likeness (QED) is 0.711. The molecule has 1 rings (SSSR count). The largest absolute Gasteiger partial charge is 0.534 e. The molecular formula is C6H5OTh-. The van der Waals surface area contributed by atoms with E-state index in [0.29, 0.717) is 0 Å². The molecule has 0 saturated carbocycles. The van der Waals surface area contributed by atoms with Crippen molar-refractivity contribution in [3.05, 3.63) is 30.3 Å². The summed E-state index contributed by atoms with van der Waals surface area (Å²) in [5.41, 5.74) is 0. The molecule has 0 amide bonds. The summed E-state index contributed by atoms with van der Waals surface area (Å²) in [6, 6.07) is 9.39. The molecule has 40 valence electrons. The predicted molar refractivity (Wildman–Crippen MR) is 26.9 cm³/mol. The number of hydrogen-bond acceptors (Lipinski definition) is 1. The van der Waals surface area contributed by atoms with Crippen molar-refractivity contribution < 1.29 is 45.0 Å². The van der Waals surface area contributed by atoms with Crippen molar-refractivity contribution in [1.82, 2.24) is 0 Å². The standard InChI is InChI=1S/C6H5O.Th/c7-6-4-2-1-3-5-6;/h1-4,7H;/q-1;. The molecule has 0 saturated heterocycles. The molecule has 0 unspecified atom stereocenters. The van der Waals surface area contributed by atoms with Gasteiger partial charge in [0.25, 0.3) is 0 Å². The van der Waals surface area contributed by atoms with Crippen LogP contribution in [0.3, 0.4) is 0 Å². The van der Waals surface area contributed by atoms with Crippen LogP contribution in [0.4, 0.5) is 0 Å². The van der Waals surface area contributed by atoms with Crippen LogP contribution in [0.2, 0.25) is 0 Å². The Morgan fingerprint density at radius 1 is 1.38 bits per heavy atom. The van der Waals surface area contributed by atoms with Gasteiger partial charge in [0.2, 0.25) is 0 Å². The number of para-hydroxylation sites is 1.